The van der Waals surface area contributed by atoms with Gasteiger partial charge in [0.1, 0.15) is 17.2 Å². The summed E-state index contributed by atoms with van der Waals surface area (Å²) >= 11 is 1.37. The van der Waals surface area contributed by atoms with E-state index in [0.717, 1.165) is 16.1 Å². The Balaban J connectivity index is 1.53. The Bertz CT molecular complexity index is 1640. The third kappa shape index (κ3) is 8.73. The minimum Gasteiger partial charge on any atom is -0.497 e. The molecule has 1 atom stereocenters. The summed E-state index contributed by atoms with van der Waals surface area (Å²) in [6.45, 7) is 3.79. The summed E-state index contributed by atoms with van der Waals surface area (Å²) in [6.07, 6.45) is 1.55. The normalized spacial score (nSPS) is 11.7. The summed E-state index contributed by atoms with van der Waals surface area (Å²) < 4.78 is 10.8. The number of methoxy groups -OCH3 is 2. The molecular formula is C34H33N3O5S. The number of aryl methyl sites for hydroxylation is 1. The van der Waals surface area contributed by atoms with E-state index in [1.54, 1.807) is 79.9 Å². The van der Waals surface area contributed by atoms with Crippen LogP contribution in [-0.4, -0.2) is 37.2 Å². The Morgan fingerprint density at radius 1 is 0.791 bits per heavy atom. The molecular weight excluding hydrogens is 562 g/mol. The molecule has 0 bridgehead atoms. The summed E-state index contributed by atoms with van der Waals surface area (Å²) in [5.74, 6) is -0.0477. The quantitative estimate of drug-likeness (QED) is 0.134. The van der Waals surface area contributed by atoms with Crippen LogP contribution >= 0.6 is 11.8 Å². The molecule has 220 valence electrons. The summed E-state index contributed by atoms with van der Waals surface area (Å²) in [6, 6.07) is 28.6. The van der Waals surface area contributed by atoms with Gasteiger partial charge in [-0.2, -0.15) is 0 Å². The summed E-state index contributed by atoms with van der Waals surface area (Å²) in [5.41, 5.74) is 3.28. The smallest absolute Gasteiger partial charge is 0.272 e. The Morgan fingerprint density at radius 2 is 1.51 bits per heavy atom. The van der Waals surface area contributed by atoms with Crippen LogP contribution in [0.2, 0.25) is 0 Å². The first-order valence-corrected chi connectivity index (χ1v) is 14.4. The number of ether oxygens (including phenoxy) is 2. The van der Waals surface area contributed by atoms with Crippen LogP contribution in [0.1, 0.15) is 28.4 Å². The highest BCUT2D eigenvalue weighted by Gasteiger charge is 2.18. The van der Waals surface area contributed by atoms with E-state index in [0.29, 0.717) is 28.3 Å². The number of carbonyl (C=O) groups is 3. The molecule has 0 aliphatic heterocycles. The fourth-order valence-electron chi connectivity index (χ4n) is 4.11. The summed E-state index contributed by atoms with van der Waals surface area (Å²) in [7, 11) is 3.06. The molecule has 0 aromatic heterocycles. The average Bonchev–Trinajstić information content (AvgIpc) is 3.01. The molecule has 0 heterocycles. The molecule has 4 rings (SSSR count). The maximum absolute atomic E-state index is 13.5. The van der Waals surface area contributed by atoms with Crippen molar-refractivity contribution >= 4 is 46.9 Å². The lowest BCUT2D eigenvalue weighted by Gasteiger charge is -2.15. The van der Waals surface area contributed by atoms with E-state index in [1.165, 1.54) is 18.9 Å². The van der Waals surface area contributed by atoms with Crippen LogP contribution in [0.5, 0.6) is 11.5 Å². The van der Waals surface area contributed by atoms with Gasteiger partial charge in [0.05, 0.1) is 19.5 Å². The number of hydrogen-bond donors (Lipinski definition) is 3. The maximum atomic E-state index is 13.5. The molecule has 3 amide bonds. The minimum absolute atomic E-state index is 0.0151. The van der Waals surface area contributed by atoms with E-state index in [1.807, 2.05) is 44.2 Å². The van der Waals surface area contributed by atoms with Gasteiger partial charge in [0, 0.05) is 33.5 Å². The first-order valence-electron chi connectivity index (χ1n) is 13.5. The Morgan fingerprint density at radius 3 is 2.21 bits per heavy atom. The van der Waals surface area contributed by atoms with Gasteiger partial charge in [-0.3, -0.25) is 14.4 Å². The lowest BCUT2D eigenvalue weighted by atomic mass is 10.1. The van der Waals surface area contributed by atoms with Crippen LogP contribution in [0.15, 0.2) is 108 Å². The Kier molecular flexibility index (Phi) is 10.6. The van der Waals surface area contributed by atoms with E-state index in [9.17, 15) is 14.4 Å². The van der Waals surface area contributed by atoms with Crippen LogP contribution < -0.4 is 25.4 Å². The highest BCUT2D eigenvalue weighted by atomic mass is 32.2. The van der Waals surface area contributed by atoms with E-state index in [2.05, 4.69) is 16.0 Å². The fraction of sp³-hybridized carbons (Fsp3) is 0.147. The van der Waals surface area contributed by atoms with Gasteiger partial charge in [0.25, 0.3) is 11.8 Å². The van der Waals surface area contributed by atoms with Crippen molar-refractivity contribution in [3.8, 4) is 11.5 Å². The zero-order chi connectivity index (χ0) is 30.8. The number of amides is 3. The lowest BCUT2D eigenvalue weighted by molar-refractivity contribution is -0.115. The van der Waals surface area contributed by atoms with E-state index < -0.39 is 17.1 Å². The first kappa shape index (κ1) is 30.9. The largest absolute Gasteiger partial charge is 0.497 e. The number of benzene rings is 4. The van der Waals surface area contributed by atoms with Gasteiger partial charge in [-0.1, -0.05) is 36.4 Å². The first-order chi connectivity index (χ1) is 20.7. The highest BCUT2D eigenvalue weighted by molar-refractivity contribution is 8.00. The molecule has 0 radical (unpaired) electrons. The topological polar surface area (TPSA) is 106 Å². The van der Waals surface area contributed by atoms with Gasteiger partial charge in [-0.05, 0) is 80.1 Å². The van der Waals surface area contributed by atoms with Crippen molar-refractivity contribution in [1.29, 1.82) is 0 Å². The van der Waals surface area contributed by atoms with Crippen molar-refractivity contribution in [2.45, 2.75) is 24.0 Å². The standard InChI is InChI=1S/C34H33N3O5S/c1-22-10-8-13-26(18-22)35-32(38)23(2)43-29-15-9-14-27(20-29)36-34(40)30(37-33(39)24-11-6-5-7-12-24)19-25-16-17-28(41-3)21-31(25)42-4/h5-21,23H,1-4H3,(H,35,38)(H,36,40)(H,37,39)/b30-19+. The van der Waals surface area contributed by atoms with E-state index >= 15 is 0 Å². The number of thioether (sulfide) groups is 1. The zero-order valence-electron chi connectivity index (χ0n) is 24.3. The monoisotopic (exact) mass is 595 g/mol. The summed E-state index contributed by atoms with van der Waals surface area (Å²) in [5, 5.41) is 8.15. The fourth-order valence-corrected chi connectivity index (χ4v) is 5.03. The van der Waals surface area contributed by atoms with Gasteiger partial charge in [0.2, 0.25) is 5.91 Å². The van der Waals surface area contributed by atoms with Crippen LogP contribution in [0.25, 0.3) is 6.08 Å². The molecule has 0 saturated heterocycles. The highest BCUT2D eigenvalue weighted by Crippen LogP contribution is 2.28. The molecule has 3 N–H and O–H groups in total. The van der Waals surface area contributed by atoms with Crippen molar-refractivity contribution in [3.05, 3.63) is 119 Å². The molecule has 0 saturated carbocycles. The molecule has 8 nitrogen and oxygen atoms in total. The second kappa shape index (κ2) is 14.7. The zero-order valence-corrected chi connectivity index (χ0v) is 25.2. The molecule has 1 unspecified atom stereocenters. The van der Waals surface area contributed by atoms with Gasteiger partial charge in [-0.15, -0.1) is 11.8 Å². The SMILES string of the molecule is COc1ccc(/C=C(/NC(=O)c2ccccc2)C(=O)Nc2cccc(SC(C)C(=O)Nc3cccc(C)c3)c2)c(OC)c1. The van der Waals surface area contributed by atoms with E-state index in [-0.39, 0.29) is 11.6 Å². The number of nitrogens with one attached hydrogen (secondary N) is 3. The third-order valence-corrected chi connectivity index (χ3v) is 7.42. The Labute approximate surface area is 255 Å². The lowest BCUT2D eigenvalue weighted by Crippen LogP contribution is -2.30. The number of hydrogen-bond acceptors (Lipinski definition) is 6. The van der Waals surface area contributed by atoms with Gasteiger partial charge in [-0.25, -0.2) is 0 Å². The summed E-state index contributed by atoms with van der Waals surface area (Å²) in [4.78, 5) is 40.2. The number of anilines is 2. The third-order valence-electron chi connectivity index (χ3n) is 6.33. The Hall–Kier alpha value is -5.02. The van der Waals surface area contributed by atoms with Crippen LogP contribution in [0.4, 0.5) is 11.4 Å². The molecule has 0 aliphatic rings. The van der Waals surface area contributed by atoms with Gasteiger partial charge in [0.15, 0.2) is 0 Å². The molecule has 4 aromatic carbocycles. The average molecular weight is 596 g/mol. The van der Waals surface area contributed by atoms with E-state index in [4.69, 9.17) is 9.47 Å². The van der Waals surface area contributed by atoms with Crippen molar-refractivity contribution in [2.75, 3.05) is 24.9 Å². The van der Waals surface area contributed by atoms with Crippen molar-refractivity contribution < 1.29 is 23.9 Å². The maximum Gasteiger partial charge on any atom is 0.272 e. The van der Waals surface area contributed by atoms with Crippen molar-refractivity contribution in [3.63, 3.8) is 0 Å². The van der Waals surface area contributed by atoms with Crippen LogP contribution in [-0.2, 0) is 9.59 Å². The predicted molar refractivity (Wildman–Crippen MR) is 172 cm³/mol. The van der Waals surface area contributed by atoms with Gasteiger partial charge >= 0.3 is 0 Å². The number of carbonyl (C=O) groups excluding carboxylic acids is 3. The van der Waals surface area contributed by atoms with Gasteiger partial charge < -0.3 is 25.4 Å². The molecule has 0 aliphatic carbocycles. The minimum atomic E-state index is -0.533. The van der Waals surface area contributed by atoms with Crippen LogP contribution in [0.3, 0.4) is 0 Å². The van der Waals surface area contributed by atoms with Crippen molar-refractivity contribution in [1.82, 2.24) is 5.32 Å². The predicted octanol–water partition coefficient (Wildman–Crippen LogP) is 6.54. The molecule has 0 spiro atoms. The molecule has 43 heavy (non-hydrogen) atoms. The van der Waals surface area contributed by atoms with Crippen LogP contribution in [0, 0.1) is 6.92 Å². The molecule has 0 fully saturated rings. The second-order valence-electron chi connectivity index (χ2n) is 9.59. The second-order valence-corrected chi connectivity index (χ2v) is 11.0. The van der Waals surface area contributed by atoms with Crippen molar-refractivity contribution in [2.24, 2.45) is 0 Å². The molecule has 9 heteroatoms. The number of rotatable bonds is 11. The molecule has 4 aromatic rings.